The highest BCUT2D eigenvalue weighted by Gasteiger charge is 2.19. The molecule has 0 atom stereocenters. The average molecular weight is 357 g/mol. The number of benzene rings is 1. The lowest BCUT2D eigenvalue weighted by Gasteiger charge is -2.37. The van der Waals surface area contributed by atoms with Crippen LogP contribution in [0, 0.1) is 6.92 Å². The van der Waals surface area contributed by atoms with E-state index in [1.54, 1.807) is 14.2 Å². The smallest absolute Gasteiger partial charge is 0.134 e. The number of ether oxygens (including phenoxy) is 2. The molecular weight excluding hydrogens is 330 g/mol. The van der Waals surface area contributed by atoms with Crippen molar-refractivity contribution in [2.24, 2.45) is 0 Å². The fourth-order valence-corrected chi connectivity index (χ4v) is 3.07. The van der Waals surface area contributed by atoms with E-state index in [1.165, 1.54) is 5.69 Å². The van der Waals surface area contributed by atoms with Gasteiger partial charge in [0.05, 0.1) is 13.7 Å². The minimum atomic E-state index is 0.652. The van der Waals surface area contributed by atoms with E-state index in [4.69, 9.17) is 9.47 Å². The highest BCUT2D eigenvalue weighted by atomic mass is 16.5. The van der Waals surface area contributed by atoms with Gasteiger partial charge < -0.3 is 24.6 Å². The molecule has 140 valence electrons. The van der Waals surface area contributed by atoms with Gasteiger partial charge in [-0.25, -0.2) is 9.97 Å². The Labute approximate surface area is 155 Å². The third-order valence-corrected chi connectivity index (χ3v) is 4.48. The molecule has 7 heteroatoms. The molecule has 0 spiro atoms. The summed E-state index contributed by atoms with van der Waals surface area (Å²) in [6, 6.07) is 10.3. The van der Waals surface area contributed by atoms with Gasteiger partial charge in [0.2, 0.25) is 0 Å². The van der Waals surface area contributed by atoms with Gasteiger partial charge in [-0.3, -0.25) is 0 Å². The molecule has 26 heavy (non-hydrogen) atoms. The number of piperazine rings is 1. The van der Waals surface area contributed by atoms with Gasteiger partial charge in [-0.1, -0.05) is 0 Å². The van der Waals surface area contributed by atoms with Crippen molar-refractivity contribution >= 4 is 17.3 Å². The number of aromatic nitrogens is 2. The van der Waals surface area contributed by atoms with Gasteiger partial charge in [0.15, 0.2) is 0 Å². The Morgan fingerprint density at radius 3 is 2.35 bits per heavy atom. The van der Waals surface area contributed by atoms with Crippen molar-refractivity contribution in [3.8, 4) is 5.75 Å². The van der Waals surface area contributed by atoms with E-state index in [2.05, 4.69) is 37.2 Å². The molecule has 1 fully saturated rings. The average Bonchev–Trinajstić information content (AvgIpc) is 2.68. The second kappa shape index (κ2) is 8.71. The van der Waals surface area contributed by atoms with Crippen LogP contribution in [-0.4, -0.2) is 63.5 Å². The maximum atomic E-state index is 5.23. The molecule has 1 saturated heterocycles. The Bertz CT molecular complexity index is 700. The van der Waals surface area contributed by atoms with Crippen LogP contribution in [0.15, 0.2) is 30.3 Å². The molecule has 0 saturated carbocycles. The summed E-state index contributed by atoms with van der Waals surface area (Å²) in [7, 11) is 3.39. The Kier molecular flexibility index (Phi) is 6.12. The van der Waals surface area contributed by atoms with Gasteiger partial charge in [0.25, 0.3) is 0 Å². The van der Waals surface area contributed by atoms with Gasteiger partial charge in [0.1, 0.15) is 23.2 Å². The third-order valence-electron chi connectivity index (χ3n) is 4.48. The molecule has 1 aliphatic heterocycles. The molecule has 7 nitrogen and oxygen atoms in total. The summed E-state index contributed by atoms with van der Waals surface area (Å²) < 4.78 is 10.3. The van der Waals surface area contributed by atoms with Crippen LogP contribution in [0.3, 0.4) is 0 Å². The van der Waals surface area contributed by atoms with Crippen molar-refractivity contribution in [1.29, 1.82) is 0 Å². The molecule has 1 aromatic heterocycles. The monoisotopic (exact) mass is 357 g/mol. The van der Waals surface area contributed by atoms with Crippen LogP contribution in [0.4, 0.5) is 17.3 Å². The SMILES string of the molecule is COCCNc1cc(N2CCN(c3ccc(OC)cc3)CC2)nc(C)n1. The van der Waals surface area contributed by atoms with Crippen molar-refractivity contribution in [3.05, 3.63) is 36.2 Å². The van der Waals surface area contributed by atoms with Crippen LogP contribution in [0.25, 0.3) is 0 Å². The summed E-state index contributed by atoms with van der Waals surface area (Å²) in [5.41, 5.74) is 1.23. The lowest BCUT2D eigenvalue weighted by molar-refractivity contribution is 0.210. The van der Waals surface area contributed by atoms with Gasteiger partial charge >= 0.3 is 0 Å². The number of rotatable bonds is 7. The standard InChI is InChI=1S/C19H27N5O2/c1-15-21-18(20-8-13-25-2)14-19(22-15)24-11-9-23(10-12-24)16-4-6-17(26-3)7-5-16/h4-7,14H,8-13H2,1-3H3,(H,20,21,22). The number of aryl methyl sites for hydroxylation is 1. The third kappa shape index (κ3) is 4.54. The first kappa shape index (κ1) is 18.3. The highest BCUT2D eigenvalue weighted by molar-refractivity contribution is 5.53. The molecule has 1 N–H and O–H groups in total. The lowest BCUT2D eigenvalue weighted by atomic mass is 10.2. The Morgan fingerprint density at radius 1 is 1.00 bits per heavy atom. The minimum absolute atomic E-state index is 0.652. The van der Waals surface area contributed by atoms with E-state index < -0.39 is 0 Å². The normalized spacial score (nSPS) is 14.4. The van der Waals surface area contributed by atoms with Crippen LogP contribution in [-0.2, 0) is 4.74 Å². The van der Waals surface area contributed by atoms with Crippen LogP contribution in [0.2, 0.25) is 0 Å². The van der Waals surface area contributed by atoms with Crippen molar-refractivity contribution in [2.45, 2.75) is 6.92 Å². The molecule has 1 aromatic carbocycles. The maximum absolute atomic E-state index is 5.23. The zero-order valence-corrected chi connectivity index (χ0v) is 15.7. The van der Waals surface area contributed by atoms with Gasteiger partial charge in [-0.05, 0) is 31.2 Å². The molecule has 2 heterocycles. The van der Waals surface area contributed by atoms with Crippen molar-refractivity contribution in [3.63, 3.8) is 0 Å². The van der Waals surface area contributed by atoms with Crippen LogP contribution >= 0.6 is 0 Å². The molecule has 1 aliphatic rings. The summed E-state index contributed by atoms with van der Waals surface area (Å²) >= 11 is 0. The van der Waals surface area contributed by atoms with Gasteiger partial charge in [-0.15, -0.1) is 0 Å². The Morgan fingerprint density at radius 2 is 1.69 bits per heavy atom. The molecule has 3 rings (SSSR count). The number of anilines is 3. The number of hydrogen-bond donors (Lipinski definition) is 1. The first-order valence-electron chi connectivity index (χ1n) is 8.92. The Balaban J connectivity index is 1.61. The van der Waals surface area contributed by atoms with Crippen molar-refractivity contribution < 1.29 is 9.47 Å². The quantitative estimate of drug-likeness (QED) is 0.762. The summed E-state index contributed by atoms with van der Waals surface area (Å²) in [6.45, 7) is 7.10. The van der Waals surface area contributed by atoms with Crippen LogP contribution in [0.5, 0.6) is 5.75 Å². The summed E-state index contributed by atoms with van der Waals surface area (Å²) in [4.78, 5) is 13.8. The fourth-order valence-electron chi connectivity index (χ4n) is 3.07. The van der Waals surface area contributed by atoms with E-state index in [-0.39, 0.29) is 0 Å². The van der Waals surface area contributed by atoms with E-state index in [0.717, 1.165) is 55.9 Å². The zero-order chi connectivity index (χ0) is 18.4. The van der Waals surface area contributed by atoms with E-state index in [0.29, 0.717) is 6.61 Å². The predicted molar refractivity (Wildman–Crippen MR) is 105 cm³/mol. The number of methoxy groups -OCH3 is 2. The van der Waals surface area contributed by atoms with E-state index in [1.807, 2.05) is 25.1 Å². The van der Waals surface area contributed by atoms with Gasteiger partial charge in [0, 0.05) is 51.6 Å². The zero-order valence-electron chi connectivity index (χ0n) is 15.7. The molecular formula is C19H27N5O2. The first-order valence-corrected chi connectivity index (χ1v) is 8.92. The van der Waals surface area contributed by atoms with Crippen LogP contribution in [0.1, 0.15) is 5.82 Å². The second-order valence-corrected chi connectivity index (χ2v) is 6.25. The highest BCUT2D eigenvalue weighted by Crippen LogP contribution is 2.23. The molecule has 2 aromatic rings. The predicted octanol–water partition coefficient (Wildman–Crippen LogP) is 2.18. The number of nitrogens with zero attached hydrogens (tertiary/aromatic N) is 4. The summed E-state index contributed by atoms with van der Waals surface area (Å²) in [5, 5.41) is 3.29. The molecule has 0 unspecified atom stereocenters. The minimum Gasteiger partial charge on any atom is -0.497 e. The maximum Gasteiger partial charge on any atom is 0.134 e. The van der Waals surface area contributed by atoms with Crippen molar-refractivity contribution in [2.75, 3.05) is 68.7 Å². The molecule has 0 radical (unpaired) electrons. The molecule has 0 amide bonds. The van der Waals surface area contributed by atoms with E-state index >= 15 is 0 Å². The molecule has 0 bridgehead atoms. The van der Waals surface area contributed by atoms with Crippen molar-refractivity contribution in [1.82, 2.24) is 9.97 Å². The topological polar surface area (TPSA) is 62.8 Å². The number of hydrogen-bond acceptors (Lipinski definition) is 7. The second-order valence-electron chi connectivity index (χ2n) is 6.25. The summed E-state index contributed by atoms with van der Waals surface area (Å²) in [6.07, 6.45) is 0. The van der Waals surface area contributed by atoms with E-state index in [9.17, 15) is 0 Å². The van der Waals surface area contributed by atoms with Gasteiger partial charge in [-0.2, -0.15) is 0 Å². The lowest BCUT2D eigenvalue weighted by Crippen LogP contribution is -2.46. The van der Waals surface area contributed by atoms with Crippen LogP contribution < -0.4 is 19.9 Å². The summed E-state index contributed by atoms with van der Waals surface area (Å²) in [5.74, 6) is 3.49. The Hall–Kier alpha value is -2.54. The molecule has 0 aliphatic carbocycles. The fraction of sp³-hybridized carbons (Fsp3) is 0.474. The number of nitrogens with one attached hydrogen (secondary N) is 1. The largest absolute Gasteiger partial charge is 0.497 e. The first-order chi connectivity index (χ1) is 12.7.